The number of para-hydroxylation sites is 2. The Morgan fingerprint density at radius 2 is 1.22 bits per heavy atom. The molecule has 0 saturated carbocycles. The molecule has 0 spiro atoms. The molecule has 54 heavy (non-hydrogen) atoms. The Hall–Kier alpha value is -6.16. The van der Waals surface area contributed by atoms with Gasteiger partial charge in [0, 0.05) is 59.1 Å². The molecule has 0 unspecified atom stereocenters. The molecular formula is C51H38N2S. The van der Waals surface area contributed by atoms with E-state index in [1.54, 1.807) is 0 Å². The molecule has 0 aliphatic heterocycles. The summed E-state index contributed by atoms with van der Waals surface area (Å²) in [6.45, 7) is 4.69. The second-order valence-corrected chi connectivity index (χ2v) is 16.4. The maximum atomic E-state index is 2.46. The zero-order chi connectivity index (χ0) is 36.0. The molecule has 0 amide bonds. The van der Waals surface area contributed by atoms with Gasteiger partial charge in [0.1, 0.15) is 0 Å². The Morgan fingerprint density at radius 1 is 0.537 bits per heavy atom. The highest BCUT2D eigenvalue weighted by atomic mass is 32.1. The van der Waals surface area contributed by atoms with Gasteiger partial charge in [0.15, 0.2) is 0 Å². The first-order chi connectivity index (χ1) is 26.5. The summed E-state index contributed by atoms with van der Waals surface area (Å²) >= 11 is 1.89. The summed E-state index contributed by atoms with van der Waals surface area (Å²) < 4.78 is 5.07. The third-order valence-corrected chi connectivity index (χ3v) is 13.0. The summed E-state index contributed by atoms with van der Waals surface area (Å²) in [7, 11) is 0. The topological polar surface area (TPSA) is 8.17 Å². The summed E-state index contributed by atoms with van der Waals surface area (Å²) in [6, 6.07) is 56.6. The highest BCUT2D eigenvalue weighted by molar-refractivity contribution is 7.25. The largest absolute Gasteiger partial charge is 0.313 e. The molecule has 2 aliphatic rings. The second kappa shape index (κ2) is 11.9. The lowest BCUT2D eigenvalue weighted by Gasteiger charge is -2.27. The molecule has 2 aromatic heterocycles. The molecule has 0 radical (unpaired) electrons. The van der Waals surface area contributed by atoms with Crippen LogP contribution < -0.4 is 4.90 Å². The number of hydrogen-bond donors (Lipinski definition) is 0. The van der Waals surface area contributed by atoms with Gasteiger partial charge < -0.3 is 9.47 Å². The van der Waals surface area contributed by atoms with E-state index in [-0.39, 0.29) is 5.41 Å². The van der Waals surface area contributed by atoms with Crippen molar-refractivity contribution >= 4 is 76.1 Å². The fourth-order valence-corrected chi connectivity index (χ4v) is 10.4. The Balaban J connectivity index is 1.01. The van der Waals surface area contributed by atoms with Crippen LogP contribution in [0.5, 0.6) is 0 Å². The number of fused-ring (bicyclic) bond motifs is 9. The molecule has 0 bridgehead atoms. The summed E-state index contributed by atoms with van der Waals surface area (Å²) in [5.41, 5.74) is 15.3. The monoisotopic (exact) mass is 710 g/mol. The van der Waals surface area contributed by atoms with Crippen molar-refractivity contribution in [3.8, 4) is 22.3 Å². The van der Waals surface area contributed by atoms with Gasteiger partial charge in [-0.25, -0.2) is 0 Å². The minimum absolute atomic E-state index is 0.0218. The van der Waals surface area contributed by atoms with Crippen LogP contribution in [0.25, 0.3) is 69.9 Å². The SMILES string of the molecule is CC1(C)c2ccccc2-c2cc(N(c3ccccc3)c3ccc4c(c3)sc3cc(-c5ccc6c(c5)c5ccccc5n6C5=CC=CCC5)ccc34)ccc21. The fraction of sp³-hybridized carbons (Fsp3) is 0.0980. The van der Waals surface area contributed by atoms with Crippen molar-refractivity contribution in [2.75, 3.05) is 4.90 Å². The molecule has 11 rings (SSSR count). The minimum Gasteiger partial charge on any atom is -0.313 e. The predicted molar refractivity (Wildman–Crippen MR) is 233 cm³/mol. The molecule has 0 fully saturated rings. The Kier molecular flexibility index (Phi) is 6.93. The van der Waals surface area contributed by atoms with Gasteiger partial charge in [-0.2, -0.15) is 0 Å². The molecule has 9 aromatic rings. The Labute approximate surface area is 319 Å². The van der Waals surface area contributed by atoms with E-state index in [9.17, 15) is 0 Å². The second-order valence-electron chi connectivity index (χ2n) is 15.3. The lowest BCUT2D eigenvalue weighted by atomic mass is 9.82. The van der Waals surface area contributed by atoms with Gasteiger partial charge in [-0.05, 0) is 113 Å². The molecule has 2 heterocycles. The van der Waals surface area contributed by atoms with E-state index >= 15 is 0 Å². The van der Waals surface area contributed by atoms with Crippen molar-refractivity contribution in [3.05, 3.63) is 181 Å². The number of thiophene rings is 1. The van der Waals surface area contributed by atoms with Crippen LogP contribution in [0.3, 0.4) is 0 Å². The van der Waals surface area contributed by atoms with Crippen LogP contribution in [0.2, 0.25) is 0 Å². The highest BCUT2D eigenvalue weighted by Gasteiger charge is 2.35. The van der Waals surface area contributed by atoms with Crippen LogP contribution in [0.4, 0.5) is 17.1 Å². The van der Waals surface area contributed by atoms with Gasteiger partial charge in [-0.15, -0.1) is 11.3 Å². The zero-order valence-electron chi connectivity index (χ0n) is 30.4. The van der Waals surface area contributed by atoms with E-state index in [0.29, 0.717) is 0 Å². The molecular weight excluding hydrogens is 673 g/mol. The van der Waals surface area contributed by atoms with Gasteiger partial charge in [0.25, 0.3) is 0 Å². The first-order valence-corrected chi connectivity index (χ1v) is 19.8. The number of aromatic nitrogens is 1. The van der Waals surface area contributed by atoms with Gasteiger partial charge in [0.05, 0.1) is 11.0 Å². The fourth-order valence-electron chi connectivity index (χ4n) is 9.19. The number of hydrogen-bond acceptors (Lipinski definition) is 2. The van der Waals surface area contributed by atoms with Crippen molar-refractivity contribution < 1.29 is 0 Å². The van der Waals surface area contributed by atoms with E-state index in [1.807, 2.05) is 11.3 Å². The van der Waals surface area contributed by atoms with Crippen LogP contribution in [0.15, 0.2) is 170 Å². The average molecular weight is 711 g/mol. The Bertz CT molecular complexity index is 3030. The van der Waals surface area contributed by atoms with Gasteiger partial charge in [-0.1, -0.05) is 117 Å². The first-order valence-electron chi connectivity index (χ1n) is 19.0. The third kappa shape index (κ3) is 4.71. The number of anilines is 3. The smallest absolute Gasteiger partial charge is 0.0538 e. The van der Waals surface area contributed by atoms with E-state index < -0.39 is 0 Å². The lowest BCUT2D eigenvalue weighted by molar-refractivity contribution is 0.660. The molecule has 3 heteroatoms. The summed E-state index contributed by atoms with van der Waals surface area (Å²) in [4.78, 5) is 2.41. The number of rotatable bonds is 5. The number of benzene rings is 7. The van der Waals surface area contributed by atoms with Crippen molar-refractivity contribution in [2.24, 2.45) is 0 Å². The summed E-state index contributed by atoms with van der Waals surface area (Å²) in [5.74, 6) is 0. The molecule has 0 N–H and O–H groups in total. The number of nitrogens with zero attached hydrogens (tertiary/aromatic N) is 2. The maximum Gasteiger partial charge on any atom is 0.0538 e. The van der Waals surface area contributed by atoms with Crippen molar-refractivity contribution in [1.82, 2.24) is 4.57 Å². The summed E-state index contributed by atoms with van der Waals surface area (Å²) in [5, 5.41) is 5.22. The molecule has 7 aromatic carbocycles. The molecule has 0 atom stereocenters. The van der Waals surface area contributed by atoms with Crippen LogP contribution in [-0.2, 0) is 5.41 Å². The van der Waals surface area contributed by atoms with E-state index in [0.717, 1.165) is 24.2 Å². The van der Waals surface area contributed by atoms with Crippen molar-refractivity contribution in [1.29, 1.82) is 0 Å². The van der Waals surface area contributed by atoms with E-state index in [4.69, 9.17) is 0 Å². The third-order valence-electron chi connectivity index (χ3n) is 11.8. The molecule has 0 saturated heterocycles. The van der Waals surface area contributed by atoms with E-state index in [2.05, 4.69) is 193 Å². The quantitative estimate of drug-likeness (QED) is 0.173. The molecule has 2 aliphatic carbocycles. The Morgan fingerprint density at radius 3 is 2.09 bits per heavy atom. The van der Waals surface area contributed by atoms with Gasteiger partial charge >= 0.3 is 0 Å². The highest BCUT2D eigenvalue weighted by Crippen LogP contribution is 2.51. The molecule has 258 valence electrons. The van der Waals surface area contributed by atoms with Crippen LogP contribution in [0.1, 0.15) is 37.8 Å². The minimum atomic E-state index is -0.0218. The number of allylic oxidation sites excluding steroid dienone is 4. The predicted octanol–water partition coefficient (Wildman–Crippen LogP) is 14.8. The van der Waals surface area contributed by atoms with Crippen LogP contribution in [-0.4, -0.2) is 4.57 Å². The standard InChI is InChI=1S/C51H38N2S/c1-51(2)45-19-11-9-17-39(45)43-31-37(24-27-46(43)51)52(35-13-5-3-6-14-35)38-23-26-42-41-25-21-34(30-49(41)54-50(42)32-38)33-22-28-48-44(29-33)40-18-10-12-20-47(40)53(48)36-15-7-4-8-16-36/h3-7,9-15,17-32H,8,16H2,1-2H3. The zero-order valence-corrected chi connectivity index (χ0v) is 31.2. The average Bonchev–Trinajstić information content (AvgIpc) is 3.83. The van der Waals surface area contributed by atoms with Crippen LogP contribution >= 0.6 is 11.3 Å². The molecule has 2 nitrogen and oxygen atoms in total. The normalized spacial score (nSPS) is 14.5. The van der Waals surface area contributed by atoms with Crippen molar-refractivity contribution in [3.63, 3.8) is 0 Å². The summed E-state index contributed by atoms with van der Waals surface area (Å²) in [6.07, 6.45) is 8.87. The lowest BCUT2D eigenvalue weighted by Crippen LogP contribution is -2.15. The van der Waals surface area contributed by atoms with E-state index in [1.165, 1.54) is 86.7 Å². The van der Waals surface area contributed by atoms with Crippen molar-refractivity contribution in [2.45, 2.75) is 32.1 Å². The maximum absolute atomic E-state index is 2.46. The van der Waals surface area contributed by atoms with Gasteiger partial charge in [-0.3, -0.25) is 0 Å². The van der Waals surface area contributed by atoms with Gasteiger partial charge in [0.2, 0.25) is 0 Å². The first kappa shape index (κ1) is 31.4. The van der Waals surface area contributed by atoms with Crippen LogP contribution in [0, 0.1) is 0 Å².